The van der Waals surface area contributed by atoms with Gasteiger partial charge >= 0.3 is 11.9 Å². The van der Waals surface area contributed by atoms with Gasteiger partial charge in [0, 0.05) is 6.42 Å². The number of unbranched alkanes of at least 4 members (excludes halogenated alkanes) is 12. The van der Waals surface area contributed by atoms with E-state index in [1.807, 2.05) is 6.08 Å². The van der Waals surface area contributed by atoms with E-state index < -0.39 is 0 Å². The van der Waals surface area contributed by atoms with Gasteiger partial charge in [0.1, 0.15) is 0 Å². The largest absolute Gasteiger partial charge is 0.393 e. The number of ether oxygens (including phenoxy) is 1. The monoisotopic (exact) mass is 336 g/mol. The van der Waals surface area contributed by atoms with Crippen molar-refractivity contribution < 1.29 is 14.3 Å². The highest BCUT2D eigenvalue weighted by atomic mass is 16.6. The molecule has 0 aromatic carbocycles. The molecule has 24 heavy (non-hydrogen) atoms. The molecule has 0 radical (unpaired) electrons. The second-order valence-corrected chi connectivity index (χ2v) is 7.04. The van der Waals surface area contributed by atoms with Crippen LogP contribution in [0, 0.1) is 5.92 Å². The molecule has 1 atom stereocenters. The van der Waals surface area contributed by atoms with E-state index in [-0.39, 0.29) is 17.9 Å². The first kappa shape index (κ1) is 20.9. The fraction of sp³-hybridized carbons (Fsp3) is 0.810. The molecular formula is C21H36O3. The van der Waals surface area contributed by atoms with Crippen molar-refractivity contribution in [2.24, 2.45) is 5.92 Å². The molecule has 0 saturated carbocycles. The van der Waals surface area contributed by atoms with E-state index in [4.69, 9.17) is 0 Å². The zero-order valence-electron chi connectivity index (χ0n) is 15.6. The molecule has 1 unspecified atom stereocenters. The number of carbonyl (C=O) groups excluding carboxylic acids is 2. The fourth-order valence-corrected chi connectivity index (χ4v) is 3.17. The van der Waals surface area contributed by atoms with E-state index in [0.29, 0.717) is 12.8 Å². The Morgan fingerprint density at radius 1 is 0.875 bits per heavy atom. The number of esters is 2. The number of rotatable bonds is 14. The number of carbonyl (C=O) groups is 2. The van der Waals surface area contributed by atoms with Crippen LogP contribution in [-0.2, 0) is 14.3 Å². The molecule has 1 rings (SSSR count). The lowest BCUT2D eigenvalue weighted by molar-refractivity contribution is -0.165. The summed E-state index contributed by atoms with van der Waals surface area (Å²) < 4.78 is 4.64. The second-order valence-electron chi connectivity index (χ2n) is 7.04. The van der Waals surface area contributed by atoms with Crippen LogP contribution < -0.4 is 0 Å². The lowest BCUT2D eigenvalue weighted by Gasteiger charge is -2.15. The number of cyclic esters (lactones) is 2. The lowest BCUT2D eigenvalue weighted by atomic mass is 10.00. The van der Waals surface area contributed by atoms with Crippen molar-refractivity contribution in [2.45, 2.75) is 103 Å². The molecule has 1 heterocycles. The smallest absolute Gasteiger partial charge is 0.320 e. The van der Waals surface area contributed by atoms with E-state index in [1.165, 1.54) is 77.0 Å². The van der Waals surface area contributed by atoms with Crippen LogP contribution in [0.1, 0.15) is 103 Å². The zero-order chi connectivity index (χ0) is 17.5. The van der Waals surface area contributed by atoms with Gasteiger partial charge < -0.3 is 4.74 Å². The van der Waals surface area contributed by atoms with E-state index in [9.17, 15) is 9.59 Å². The third kappa shape index (κ3) is 10.6. The summed E-state index contributed by atoms with van der Waals surface area (Å²) in [5.41, 5.74) is 0. The highest BCUT2D eigenvalue weighted by molar-refractivity contribution is 5.90. The van der Waals surface area contributed by atoms with Crippen molar-refractivity contribution in [3.05, 3.63) is 12.2 Å². The molecule has 0 aliphatic carbocycles. The van der Waals surface area contributed by atoms with Crippen LogP contribution in [0.15, 0.2) is 12.2 Å². The van der Waals surface area contributed by atoms with Crippen LogP contribution in [0.25, 0.3) is 0 Å². The number of hydrogen-bond donors (Lipinski definition) is 0. The summed E-state index contributed by atoms with van der Waals surface area (Å²) in [6, 6.07) is 0. The topological polar surface area (TPSA) is 43.4 Å². The maximum atomic E-state index is 11.5. The molecule has 0 aromatic heterocycles. The van der Waals surface area contributed by atoms with Gasteiger partial charge in [-0.05, 0) is 19.3 Å². The average molecular weight is 337 g/mol. The molecule has 1 aliphatic heterocycles. The Morgan fingerprint density at radius 2 is 1.42 bits per heavy atom. The first-order valence-corrected chi connectivity index (χ1v) is 10.1. The predicted octanol–water partition coefficient (Wildman–Crippen LogP) is 6.11. The normalized spacial score (nSPS) is 18.3. The van der Waals surface area contributed by atoms with Crippen molar-refractivity contribution in [2.75, 3.05) is 0 Å². The Bertz CT molecular complexity index is 373. The molecular weight excluding hydrogens is 300 g/mol. The Labute approximate surface area is 148 Å². The predicted molar refractivity (Wildman–Crippen MR) is 98.7 cm³/mol. The highest BCUT2D eigenvalue weighted by Crippen LogP contribution is 2.18. The number of allylic oxidation sites excluding steroid dienone is 1. The maximum absolute atomic E-state index is 11.5. The van der Waals surface area contributed by atoms with Gasteiger partial charge in [0.25, 0.3) is 0 Å². The van der Waals surface area contributed by atoms with Crippen molar-refractivity contribution in [1.82, 2.24) is 0 Å². The molecule has 0 N–H and O–H groups in total. The summed E-state index contributed by atoms with van der Waals surface area (Å²) in [6.07, 6.45) is 22.3. The minimum Gasteiger partial charge on any atom is -0.393 e. The van der Waals surface area contributed by atoms with Crippen LogP contribution >= 0.6 is 0 Å². The molecule has 0 aromatic rings. The van der Waals surface area contributed by atoms with Crippen molar-refractivity contribution in [3.63, 3.8) is 0 Å². The Kier molecular flexibility index (Phi) is 12.4. The van der Waals surface area contributed by atoms with Crippen LogP contribution in [-0.4, -0.2) is 11.9 Å². The fourth-order valence-electron chi connectivity index (χ4n) is 3.17. The van der Waals surface area contributed by atoms with E-state index in [0.717, 1.165) is 6.42 Å². The van der Waals surface area contributed by atoms with Gasteiger partial charge in [-0.3, -0.25) is 9.59 Å². The van der Waals surface area contributed by atoms with Crippen molar-refractivity contribution in [1.29, 1.82) is 0 Å². The molecule has 1 fully saturated rings. The molecule has 3 nitrogen and oxygen atoms in total. The standard InChI is InChI=1S/C21H36O3/c1-2-3-4-5-6-7-8-9-10-11-12-13-14-15-16-19-17-18-20(22)24-21(19)23/h15-16,19H,2-14,17-18H2,1H3. The van der Waals surface area contributed by atoms with Crippen molar-refractivity contribution >= 4 is 11.9 Å². The van der Waals surface area contributed by atoms with Crippen LogP contribution in [0.3, 0.4) is 0 Å². The zero-order valence-corrected chi connectivity index (χ0v) is 15.6. The SMILES string of the molecule is CCCCCCCCCCCCCCC=CC1CCC(=O)OC1=O. The Morgan fingerprint density at radius 3 is 1.96 bits per heavy atom. The van der Waals surface area contributed by atoms with Gasteiger partial charge in [-0.15, -0.1) is 0 Å². The summed E-state index contributed by atoms with van der Waals surface area (Å²) in [7, 11) is 0. The summed E-state index contributed by atoms with van der Waals surface area (Å²) in [6.45, 7) is 2.27. The minimum absolute atomic E-state index is 0.208. The average Bonchev–Trinajstić information content (AvgIpc) is 2.57. The van der Waals surface area contributed by atoms with E-state index >= 15 is 0 Å². The van der Waals surface area contributed by atoms with Crippen molar-refractivity contribution in [3.8, 4) is 0 Å². The van der Waals surface area contributed by atoms with Crippen LogP contribution in [0.2, 0.25) is 0 Å². The summed E-state index contributed by atoms with van der Waals surface area (Å²) in [5.74, 6) is -0.970. The van der Waals surface area contributed by atoms with Gasteiger partial charge in [0.05, 0.1) is 5.92 Å². The maximum Gasteiger partial charge on any atom is 0.320 e. The number of hydrogen-bond acceptors (Lipinski definition) is 3. The summed E-state index contributed by atoms with van der Waals surface area (Å²) in [5, 5.41) is 0. The van der Waals surface area contributed by atoms with Gasteiger partial charge in [-0.2, -0.15) is 0 Å². The molecule has 0 spiro atoms. The third-order valence-electron chi connectivity index (χ3n) is 4.77. The van der Waals surface area contributed by atoms with Crippen LogP contribution in [0.5, 0.6) is 0 Å². The summed E-state index contributed by atoms with van der Waals surface area (Å²) in [4.78, 5) is 22.4. The lowest BCUT2D eigenvalue weighted by Crippen LogP contribution is -2.26. The minimum atomic E-state index is -0.384. The summed E-state index contributed by atoms with van der Waals surface area (Å²) >= 11 is 0. The van der Waals surface area contributed by atoms with Gasteiger partial charge in [0.2, 0.25) is 0 Å². The van der Waals surface area contributed by atoms with Gasteiger partial charge in [-0.1, -0.05) is 89.7 Å². The van der Waals surface area contributed by atoms with Gasteiger partial charge in [0.15, 0.2) is 0 Å². The highest BCUT2D eigenvalue weighted by Gasteiger charge is 2.26. The first-order valence-electron chi connectivity index (χ1n) is 10.1. The van der Waals surface area contributed by atoms with Gasteiger partial charge in [-0.25, -0.2) is 0 Å². The molecule has 1 aliphatic rings. The molecule has 0 amide bonds. The first-order chi connectivity index (χ1) is 11.7. The van der Waals surface area contributed by atoms with Crippen LogP contribution in [0.4, 0.5) is 0 Å². The Hall–Kier alpha value is -1.12. The molecule has 138 valence electrons. The Balaban J connectivity index is 1.84. The molecule has 3 heteroatoms. The third-order valence-corrected chi connectivity index (χ3v) is 4.77. The molecule has 0 bridgehead atoms. The van der Waals surface area contributed by atoms with E-state index in [2.05, 4.69) is 17.7 Å². The van der Waals surface area contributed by atoms with E-state index in [1.54, 1.807) is 0 Å². The second kappa shape index (κ2) is 14.2. The quantitative estimate of drug-likeness (QED) is 0.166. The molecule has 1 saturated heterocycles.